The van der Waals surface area contributed by atoms with Crippen molar-refractivity contribution >= 4 is 40.2 Å². The predicted molar refractivity (Wildman–Crippen MR) is 113 cm³/mol. The van der Waals surface area contributed by atoms with Gasteiger partial charge in [-0.2, -0.15) is 0 Å². The summed E-state index contributed by atoms with van der Waals surface area (Å²) in [6.07, 6.45) is 0. The highest BCUT2D eigenvalue weighted by Crippen LogP contribution is 2.25. The molecule has 3 aromatic rings. The number of halogens is 1. The molecule has 1 N–H and O–H groups in total. The Bertz CT molecular complexity index is 1050. The first-order chi connectivity index (χ1) is 13.5. The van der Waals surface area contributed by atoms with Crippen LogP contribution in [0, 0.1) is 0 Å². The van der Waals surface area contributed by atoms with Crippen LogP contribution in [0.15, 0.2) is 58.5 Å². The Labute approximate surface area is 171 Å². The Balaban J connectivity index is 1.99. The molecule has 1 amide bonds. The van der Waals surface area contributed by atoms with Crippen molar-refractivity contribution < 1.29 is 9.53 Å². The van der Waals surface area contributed by atoms with E-state index in [1.54, 1.807) is 49.6 Å². The van der Waals surface area contributed by atoms with Crippen molar-refractivity contribution in [1.29, 1.82) is 0 Å². The summed E-state index contributed by atoms with van der Waals surface area (Å²) in [5.41, 5.74) is 0.879. The fraction of sp³-hybridized carbons (Fsp3) is 0.250. The van der Waals surface area contributed by atoms with Gasteiger partial charge in [0.15, 0.2) is 5.16 Å². The quantitative estimate of drug-likeness (QED) is 0.471. The first-order valence-corrected chi connectivity index (χ1v) is 10.1. The molecule has 28 heavy (non-hydrogen) atoms. The highest BCUT2D eigenvalue weighted by Gasteiger charge is 2.17. The van der Waals surface area contributed by atoms with Crippen molar-refractivity contribution in [3.8, 4) is 5.69 Å². The molecular weight excluding hydrogens is 398 g/mol. The summed E-state index contributed by atoms with van der Waals surface area (Å²) in [5.74, 6) is -0.0498. The number of fused-ring (bicyclic) bond motifs is 1. The predicted octanol–water partition coefficient (Wildman–Crippen LogP) is 3.28. The number of amides is 1. The summed E-state index contributed by atoms with van der Waals surface area (Å²) in [6.45, 7) is 2.29. The molecule has 8 heteroatoms. The van der Waals surface area contributed by atoms with Crippen molar-refractivity contribution in [3.05, 3.63) is 63.9 Å². The Morgan fingerprint density at radius 1 is 1.25 bits per heavy atom. The average molecular weight is 418 g/mol. The number of thioether (sulfide) groups is 1. The van der Waals surface area contributed by atoms with E-state index >= 15 is 0 Å². The lowest BCUT2D eigenvalue weighted by molar-refractivity contribution is -0.119. The number of carbonyl (C=O) groups is 1. The van der Waals surface area contributed by atoms with Crippen molar-refractivity contribution in [2.24, 2.45) is 0 Å². The van der Waals surface area contributed by atoms with Crippen LogP contribution in [0.25, 0.3) is 16.6 Å². The van der Waals surface area contributed by atoms with E-state index in [0.29, 0.717) is 33.4 Å². The number of nitrogens with zero attached hydrogens (tertiary/aromatic N) is 2. The van der Waals surface area contributed by atoms with Crippen LogP contribution in [-0.4, -0.2) is 41.0 Å². The number of nitrogens with one attached hydrogen (secondary N) is 1. The van der Waals surface area contributed by atoms with Gasteiger partial charge in [0.1, 0.15) is 0 Å². The number of benzene rings is 2. The summed E-state index contributed by atoms with van der Waals surface area (Å²) >= 11 is 7.52. The van der Waals surface area contributed by atoms with Gasteiger partial charge in [0.05, 0.1) is 34.0 Å². The van der Waals surface area contributed by atoms with E-state index in [1.807, 2.05) is 13.0 Å². The fourth-order valence-electron chi connectivity index (χ4n) is 2.79. The molecule has 0 saturated carbocycles. The van der Waals surface area contributed by atoms with E-state index in [4.69, 9.17) is 16.3 Å². The Morgan fingerprint density at radius 2 is 1.96 bits per heavy atom. The van der Waals surface area contributed by atoms with Gasteiger partial charge in [-0.25, -0.2) is 4.98 Å². The standard InChI is InChI=1S/C20H20ClN3O3S/c1-13(11-27-2)22-18(25)12-28-20-23-16-9-5-3-7-14(16)19(26)24(20)17-10-6-4-8-15(17)21/h3-10,13H,11-12H2,1-2H3,(H,22,25)/t13-/m1/s1. The summed E-state index contributed by atoms with van der Waals surface area (Å²) < 4.78 is 6.49. The van der Waals surface area contributed by atoms with Gasteiger partial charge in [0.25, 0.3) is 5.56 Å². The van der Waals surface area contributed by atoms with Crippen molar-refractivity contribution in [3.63, 3.8) is 0 Å². The van der Waals surface area contributed by atoms with Crippen molar-refractivity contribution in [2.75, 3.05) is 19.5 Å². The third-order valence-electron chi connectivity index (χ3n) is 3.99. The zero-order chi connectivity index (χ0) is 20.1. The highest BCUT2D eigenvalue weighted by molar-refractivity contribution is 7.99. The number of ether oxygens (including phenoxy) is 1. The van der Waals surface area contributed by atoms with Gasteiger partial charge in [-0.3, -0.25) is 14.2 Å². The van der Waals surface area contributed by atoms with E-state index in [1.165, 1.54) is 16.3 Å². The smallest absolute Gasteiger partial charge is 0.266 e. The minimum atomic E-state index is -0.227. The molecule has 3 rings (SSSR count). The number of para-hydroxylation sites is 2. The first kappa shape index (κ1) is 20.4. The third-order valence-corrected chi connectivity index (χ3v) is 5.25. The van der Waals surface area contributed by atoms with Gasteiger partial charge in [-0.05, 0) is 31.2 Å². The molecule has 0 aliphatic rings. The van der Waals surface area contributed by atoms with Crippen LogP contribution in [0.5, 0.6) is 0 Å². The molecular formula is C20H20ClN3O3S. The maximum Gasteiger partial charge on any atom is 0.266 e. The largest absolute Gasteiger partial charge is 0.383 e. The monoisotopic (exact) mass is 417 g/mol. The summed E-state index contributed by atoms with van der Waals surface area (Å²) in [5, 5.41) is 4.18. The van der Waals surface area contributed by atoms with E-state index in [2.05, 4.69) is 10.3 Å². The van der Waals surface area contributed by atoms with Gasteiger partial charge in [0.2, 0.25) is 5.91 Å². The van der Waals surface area contributed by atoms with Crippen molar-refractivity contribution in [1.82, 2.24) is 14.9 Å². The van der Waals surface area contributed by atoms with Crippen molar-refractivity contribution in [2.45, 2.75) is 18.1 Å². The lowest BCUT2D eigenvalue weighted by atomic mass is 10.2. The summed E-state index contributed by atoms with van der Waals surface area (Å²) in [4.78, 5) is 30.0. The molecule has 0 radical (unpaired) electrons. The molecule has 0 spiro atoms. The molecule has 0 unspecified atom stereocenters. The summed E-state index contributed by atoms with van der Waals surface area (Å²) in [7, 11) is 1.58. The SMILES string of the molecule is COC[C@@H](C)NC(=O)CSc1nc2ccccc2c(=O)n1-c1ccccc1Cl. The number of aromatic nitrogens is 2. The van der Waals surface area contributed by atoms with Crippen LogP contribution in [0.4, 0.5) is 0 Å². The molecule has 0 aliphatic carbocycles. The molecule has 1 aromatic heterocycles. The van der Waals surface area contributed by atoms with E-state index in [9.17, 15) is 9.59 Å². The minimum Gasteiger partial charge on any atom is -0.383 e. The number of methoxy groups -OCH3 is 1. The minimum absolute atomic E-state index is 0.103. The normalized spacial score (nSPS) is 12.1. The number of rotatable bonds is 7. The Kier molecular flexibility index (Phi) is 6.72. The van der Waals surface area contributed by atoms with Gasteiger partial charge in [0, 0.05) is 13.2 Å². The van der Waals surface area contributed by atoms with E-state index in [-0.39, 0.29) is 23.3 Å². The molecule has 1 heterocycles. The maximum atomic E-state index is 13.1. The maximum absolute atomic E-state index is 13.1. The zero-order valence-electron chi connectivity index (χ0n) is 15.5. The Hall–Kier alpha value is -2.35. The second-order valence-corrected chi connectivity index (χ2v) is 7.57. The molecule has 0 aliphatic heterocycles. The second kappa shape index (κ2) is 9.23. The summed E-state index contributed by atoms with van der Waals surface area (Å²) in [6, 6.07) is 14.1. The molecule has 6 nitrogen and oxygen atoms in total. The van der Waals surface area contributed by atoms with Gasteiger partial charge < -0.3 is 10.1 Å². The van der Waals surface area contributed by atoms with Crippen LogP contribution >= 0.6 is 23.4 Å². The van der Waals surface area contributed by atoms with Crippen LogP contribution < -0.4 is 10.9 Å². The lowest BCUT2D eigenvalue weighted by Crippen LogP contribution is -2.36. The van der Waals surface area contributed by atoms with Crippen LogP contribution in [0.3, 0.4) is 0 Å². The van der Waals surface area contributed by atoms with E-state index < -0.39 is 0 Å². The average Bonchev–Trinajstić information content (AvgIpc) is 2.67. The molecule has 0 saturated heterocycles. The fourth-order valence-corrected chi connectivity index (χ4v) is 3.83. The third kappa shape index (κ3) is 4.55. The number of hydrogen-bond acceptors (Lipinski definition) is 5. The van der Waals surface area contributed by atoms with Crippen LogP contribution in [0.1, 0.15) is 6.92 Å². The van der Waals surface area contributed by atoms with Crippen LogP contribution in [-0.2, 0) is 9.53 Å². The number of carbonyl (C=O) groups excluding carboxylic acids is 1. The van der Waals surface area contributed by atoms with E-state index in [0.717, 1.165) is 0 Å². The first-order valence-electron chi connectivity index (χ1n) is 8.69. The zero-order valence-corrected chi connectivity index (χ0v) is 17.1. The van der Waals surface area contributed by atoms with Gasteiger partial charge in [-0.1, -0.05) is 47.6 Å². The lowest BCUT2D eigenvalue weighted by Gasteiger charge is -2.15. The molecule has 1 atom stereocenters. The molecule has 0 fully saturated rings. The molecule has 146 valence electrons. The van der Waals surface area contributed by atoms with Gasteiger partial charge in [-0.15, -0.1) is 0 Å². The molecule has 2 aromatic carbocycles. The second-order valence-electron chi connectivity index (χ2n) is 6.22. The molecule has 0 bridgehead atoms. The topological polar surface area (TPSA) is 73.2 Å². The van der Waals surface area contributed by atoms with Gasteiger partial charge >= 0.3 is 0 Å². The highest BCUT2D eigenvalue weighted by atomic mass is 35.5. The Morgan fingerprint density at radius 3 is 2.71 bits per heavy atom. The van der Waals surface area contributed by atoms with Crippen LogP contribution in [0.2, 0.25) is 5.02 Å². The number of hydrogen-bond donors (Lipinski definition) is 1.